The van der Waals surface area contributed by atoms with Crippen molar-refractivity contribution < 1.29 is 4.74 Å². The van der Waals surface area contributed by atoms with E-state index < -0.39 is 0 Å². The molecule has 1 aliphatic rings. The monoisotopic (exact) mass is 261 g/mol. The normalized spacial score (nSPS) is 27.5. The first kappa shape index (κ1) is 14.2. The molecule has 0 heterocycles. The SMILES string of the molecule is Cc1cc(N)cc(OC2CC(C)CCC2C(C)C)c1. The molecule has 2 N–H and O–H groups in total. The van der Waals surface area contributed by atoms with Gasteiger partial charge in [0.05, 0.1) is 0 Å². The fraction of sp³-hybridized carbons (Fsp3) is 0.647. The van der Waals surface area contributed by atoms with Crippen molar-refractivity contribution in [2.45, 2.75) is 53.1 Å². The Balaban J connectivity index is 2.13. The van der Waals surface area contributed by atoms with Gasteiger partial charge in [-0.3, -0.25) is 0 Å². The number of nitrogens with two attached hydrogens (primary N) is 1. The van der Waals surface area contributed by atoms with Gasteiger partial charge in [-0.15, -0.1) is 0 Å². The summed E-state index contributed by atoms with van der Waals surface area (Å²) >= 11 is 0. The van der Waals surface area contributed by atoms with Crippen molar-refractivity contribution in [3.63, 3.8) is 0 Å². The fourth-order valence-electron chi connectivity index (χ4n) is 3.27. The maximum absolute atomic E-state index is 6.28. The molecule has 106 valence electrons. The molecular formula is C17H27NO. The Morgan fingerprint density at radius 3 is 2.58 bits per heavy atom. The van der Waals surface area contributed by atoms with Gasteiger partial charge in [0.2, 0.25) is 0 Å². The van der Waals surface area contributed by atoms with Crippen molar-refractivity contribution in [3.05, 3.63) is 23.8 Å². The van der Waals surface area contributed by atoms with Gasteiger partial charge in [-0.25, -0.2) is 0 Å². The lowest BCUT2D eigenvalue weighted by Crippen LogP contribution is -2.36. The zero-order chi connectivity index (χ0) is 14.0. The topological polar surface area (TPSA) is 35.2 Å². The molecule has 1 aromatic carbocycles. The van der Waals surface area contributed by atoms with Crippen LogP contribution in [-0.4, -0.2) is 6.10 Å². The van der Waals surface area contributed by atoms with Gasteiger partial charge in [-0.2, -0.15) is 0 Å². The zero-order valence-corrected chi connectivity index (χ0v) is 12.6. The minimum Gasteiger partial charge on any atom is -0.490 e. The third kappa shape index (κ3) is 3.65. The van der Waals surface area contributed by atoms with E-state index in [4.69, 9.17) is 10.5 Å². The quantitative estimate of drug-likeness (QED) is 0.818. The summed E-state index contributed by atoms with van der Waals surface area (Å²) in [7, 11) is 0. The summed E-state index contributed by atoms with van der Waals surface area (Å²) in [6.07, 6.45) is 4.12. The van der Waals surface area contributed by atoms with E-state index in [0.29, 0.717) is 17.9 Å². The molecule has 3 unspecified atom stereocenters. The number of rotatable bonds is 3. The van der Waals surface area contributed by atoms with E-state index in [1.165, 1.54) is 18.4 Å². The second kappa shape index (κ2) is 5.85. The van der Waals surface area contributed by atoms with Crippen LogP contribution in [-0.2, 0) is 0 Å². The van der Waals surface area contributed by atoms with Crippen LogP contribution in [0.15, 0.2) is 18.2 Å². The standard InChI is InChI=1S/C17H27NO/c1-11(2)16-6-5-12(3)9-17(16)19-15-8-13(4)7-14(18)10-15/h7-8,10-12,16-17H,5-6,9,18H2,1-4H3. The molecule has 0 amide bonds. The highest BCUT2D eigenvalue weighted by Gasteiger charge is 2.32. The summed E-state index contributed by atoms with van der Waals surface area (Å²) in [5, 5.41) is 0. The van der Waals surface area contributed by atoms with E-state index in [0.717, 1.165) is 23.8 Å². The van der Waals surface area contributed by atoms with Gasteiger partial charge >= 0.3 is 0 Å². The van der Waals surface area contributed by atoms with Crippen LogP contribution >= 0.6 is 0 Å². The lowest BCUT2D eigenvalue weighted by molar-refractivity contribution is 0.0460. The fourth-order valence-corrected chi connectivity index (χ4v) is 3.27. The van der Waals surface area contributed by atoms with Gasteiger partial charge in [0.15, 0.2) is 0 Å². The van der Waals surface area contributed by atoms with E-state index in [1.54, 1.807) is 0 Å². The molecule has 1 aromatic rings. The largest absolute Gasteiger partial charge is 0.490 e. The first-order valence-electron chi connectivity index (χ1n) is 7.49. The number of benzene rings is 1. The average Bonchev–Trinajstić information content (AvgIpc) is 2.26. The molecule has 1 saturated carbocycles. The molecule has 0 bridgehead atoms. The molecule has 1 fully saturated rings. The third-order valence-electron chi connectivity index (χ3n) is 4.32. The van der Waals surface area contributed by atoms with Gasteiger partial charge in [-0.1, -0.05) is 27.2 Å². The van der Waals surface area contributed by atoms with E-state index in [2.05, 4.69) is 33.8 Å². The Morgan fingerprint density at radius 1 is 1.21 bits per heavy atom. The summed E-state index contributed by atoms with van der Waals surface area (Å²) in [5.74, 6) is 3.04. The Morgan fingerprint density at radius 2 is 1.95 bits per heavy atom. The number of hydrogen-bond acceptors (Lipinski definition) is 2. The van der Waals surface area contributed by atoms with Crippen LogP contribution < -0.4 is 10.5 Å². The van der Waals surface area contributed by atoms with Gasteiger partial charge < -0.3 is 10.5 Å². The van der Waals surface area contributed by atoms with E-state index in [9.17, 15) is 0 Å². The molecule has 2 heteroatoms. The molecule has 0 saturated heterocycles. The number of aryl methyl sites for hydroxylation is 1. The maximum Gasteiger partial charge on any atom is 0.122 e. The second-order valence-electron chi connectivity index (χ2n) is 6.56. The van der Waals surface area contributed by atoms with Gasteiger partial charge in [0.1, 0.15) is 11.9 Å². The molecule has 2 rings (SSSR count). The molecule has 0 aromatic heterocycles. The summed E-state index contributed by atoms with van der Waals surface area (Å²) in [6.45, 7) is 9.01. The molecule has 0 spiro atoms. The minimum atomic E-state index is 0.338. The van der Waals surface area contributed by atoms with Crippen molar-refractivity contribution in [3.8, 4) is 5.75 Å². The van der Waals surface area contributed by atoms with Crippen LogP contribution in [0.25, 0.3) is 0 Å². The number of hydrogen-bond donors (Lipinski definition) is 1. The highest BCUT2D eigenvalue weighted by Crippen LogP contribution is 2.36. The van der Waals surface area contributed by atoms with E-state index in [1.807, 2.05) is 12.1 Å². The van der Waals surface area contributed by atoms with E-state index in [-0.39, 0.29) is 0 Å². The first-order valence-corrected chi connectivity index (χ1v) is 7.49. The van der Waals surface area contributed by atoms with Gasteiger partial charge in [0.25, 0.3) is 0 Å². The zero-order valence-electron chi connectivity index (χ0n) is 12.6. The third-order valence-corrected chi connectivity index (χ3v) is 4.32. The summed E-state index contributed by atoms with van der Waals surface area (Å²) in [4.78, 5) is 0. The molecule has 0 radical (unpaired) electrons. The van der Waals surface area contributed by atoms with Crippen molar-refractivity contribution >= 4 is 5.69 Å². The molecule has 19 heavy (non-hydrogen) atoms. The molecule has 1 aliphatic carbocycles. The van der Waals surface area contributed by atoms with Gasteiger partial charge in [0, 0.05) is 11.8 Å². The van der Waals surface area contributed by atoms with Crippen molar-refractivity contribution in [1.82, 2.24) is 0 Å². The van der Waals surface area contributed by atoms with Crippen LogP contribution in [0.1, 0.15) is 45.6 Å². The summed E-state index contributed by atoms with van der Waals surface area (Å²) in [5.41, 5.74) is 7.86. The number of anilines is 1. The highest BCUT2D eigenvalue weighted by atomic mass is 16.5. The second-order valence-corrected chi connectivity index (χ2v) is 6.56. The van der Waals surface area contributed by atoms with Crippen LogP contribution in [0.3, 0.4) is 0 Å². The van der Waals surface area contributed by atoms with Crippen molar-refractivity contribution in [1.29, 1.82) is 0 Å². The van der Waals surface area contributed by atoms with Crippen molar-refractivity contribution in [2.24, 2.45) is 17.8 Å². The maximum atomic E-state index is 6.28. The minimum absolute atomic E-state index is 0.338. The molecule has 0 aliphatic heterocycles. The predicted molar refractivity (Wildman–Crippen MR) is 81.4 cm³/mol. The number of nitrogen functional groups attached to an aromatic ring is 1. The van der Waals surface area contributed by atoms with Crippen LogP contribution in [0.2, 0.25) is 0 Å². The Kier molecular flexibility index (Phi) is 4.38. The smallest absolute Gasteiger partial charge is 0.122 e. The lowest BCUT2D eigenvalue weighted by atomic mass is 9.75. The molecular weight excluding hydrogens is 234 g/mol. The Labute approximate surface area is 117 Å². The first-order chi connectivity index (χ1) is 8.95. The van der Waals surface area contributed by atoms with Crippen molar-refractivity contribution in [2.75, 3.05) is 5.73 Å². The lowest BCUT2D eigenvalue weighted by Gasteiger charge is -2.37. The summed E-state index contributed by atoms with van der Waals surface area (Å²) in [6, 6.07) is 6.02. The predicted octanol–water partition coefficient (Wildman–Crippen LogP) is 4.42. The molecule has 2 nitrogen and oxygen atoms in total. The van der Waals surface area contributed by atoms with E-state index >= 15 is 0 Å². The van der Waals surface area contributed by atoms with Crippen LogP contribution in [0.5, 0.6) is 5.75 Å². The highest BCUT2D eigenvalue weighted by molar-refractivity contribution is 5.47. The van der Waals surface area contributed by atoms with Crippen LogP contribution in [0, 0.1) is 24.7 Å². The molecule has 3 atom stereocenters. The average molecular weight is 261 g/mol. The summed E-state index contributed by atoms with van der Waals surface area (Å²) < 4.78 is 6.28. The Hall–Kier alpha value is -1.18. The number of ether oxygens (including phenoxy) is 1. The van der Waals surface area contributed by atoms with Gasteiger partial charge in [-0.05, 0) is 55.2 Å². The Bertz CT molecular complexity index is 407. The van der Waals surface area contributed by atoms with Crippen LogP contribution in [0.4, 0.5) is 5.69 Å².